The van der Waals surface area contributed by atoms with Crippen LogP contribution in [0.2, 0.25) is 0 Å². The molecule has 0 radical (unpaired) electrons. The maximum absolute atomic E-state index is 10.5. The minimum absolute atomic E-state index is 0.0734. The van der Waals surface area contributed by atoms with Crippen LogP contribution in [0.1, 0.15) is 18.1 Å². The Balaban J connectivity index is 2.83. The second-order valence-electron chi connectivity index (χ2n) is 3.47. The Labute approximate surface area is 101 Å². The van der Waals surface area contributed by atoms with Gasteiger partial charge < -0.3 is 21.7 Å². The molecule has 0 aliphatic heterocycles. The topological polar surface area (TPSA) is 110 Å². The summed E-state index contributed by atoms with van der Waals surface area (Å²) in [5.74, 6) is -1.15. The number of aliphatic hydroxyl groups excluding tert-OH is 1. The molecule has 0 bridgehead atoms. The van der Waals surface area contributed by atoms with E-state index in [0.717, 1.165) is 4.47 Å². The molecule has 6 heteroatoms. The maximum Gasteiger partial charge on any atom is 0.320 e. The average molecular weight is 289 g/mol. The van der Waals surface area contributed by atoms with Crippen LogP contribution in [0.4, 0.5) is 5.69 Å². The maximum atomic E-state index is 10.5. The molecule has 0 unspecified atom stereocenters. The molecule has 1 rings (SSSR count). The molecule has 0 spiro atoms. The highest BCUT2D eigenvalue weighted by atomic mass is 79.9. The lowest BCUT2D eigenvalue weighted by molar-refractivity contribution is -0.139. The van der Waals surface area contributed by atoms with Gasteiger partial charge in [0.15, 0.2) is 0 Å². The second kappa shape index (κ2) is 5.29. The number of aliphatic hydroxyl groups is 1. The number of hydrogen-bond acceptors (Lipinski definition) is 4. The summed E-state index contributed by atoms with van der Waals surface area (Å²) in [5, 5.41) is 18.4. The van der Waals surface area contributed by atoms with E-state index in [1.54, 1.807) is 18.2 Å². The van der Waals surface area contributed by atoms with Crippen molar-refractivity contribution in [3.63, 3.8) is 0 Å². The van der Waals surface area contributed by atoms with Crippen molar-refractivity contribution in [2.45, 2.75) is 18.6 Å². The number of nitrogen functional groups attached to an aromatic ring is 1. The van der Waals surface area contributed by atoms with E-state index in [0.29, 0.717) is 11.3 Å². The van der Waals surface area contributed by atoms with Crippen LogP contribution in [0, 0.1) is 0 Å². The van der Waals surface area contributed by atoms with E-state index in [2.05, 4.69) is 15.9 Å². The predicted molar refractivity (Wildman–Crippen MR) is 63.7 cm³/mol. The normalized spacial score (nSPS) is 14.4. The Bertz CT molecular complexity index is 398. The first-order valence-electron chi connectivity index (χ1n) is 4.63. The zero-order valence-corrected chi connectivity index (χ0v) is 10.0. The Morgan fingerprint density at radius 2 is 2.12 bits per heavy atom. The highest BCUT2D eigenvalue weighted by Crippen LogP contribution is 2.27. The van der Waals surface area contributed by atoms with E-state index >= 15 is 0 Å². The van der Waals surface area contributed by atoms with Crippen LogP contribution in [0.3, 0.4) is 0 Å². The van der Waals surface area contributed by atoms with E-state index < -0.39 is 18.1 Å². The fraction of sp³-hybridized carbons (Fsp3) is 0.300. The van der Waals surface area contributed by atoms with Gasteiger partial charge in [-0.3, -0.25) is 4.79 Å². The van der Waals surface area contributed by atoms with E-state index in [1.165, 1.54) is 0 Å². The van der Waals surface area contributed by atoms with Crippen molar-refractivity contribution in [1.82, 2.24) is 0 Å². The smallest absolute Gasteiger partial charge is 0.320 e. The lowest BCUT2D eigenvalue weighted by Crippen LogP contribution is -2.32. The fourth-order valence-corrected chi connectivity index (χ4v) is 1.68. The molecule has 1 aromatic carbocycles. The third kappa shape index (κ3) is 3.19. The Hall–Kier alpha value is -1.11. The number of carboxylic acids is 1. The number of carbonyl (C=O) groups is 1. The van der Waals surface area contributed by atoms with Crippen molar-refractivity contribution < 1.29 is 15.0 Å². The lowest BCUT2D eigenvalue weighted by Gasteiger charge is -2.15. The fourth-order valence-electron chi connectivity index (χ4n) is 1.30. The summed E-state index contributed by atoms with van der Waals surface area (Å²) in [7, 11) is 0. The third-order valence-electron chi connectivity index (χ3n) is 2.20. The zero-order valence-electron chi connectivity index (χ0n) is 8.43. The standard InChI is InChI=1S/C10H13BrN2O3/c11-5-1-2-7(12)6(3-5)9(14)4-8(13)10(15)16/h1-3,8-9,14H,4,12-13H2,(H,15,16)/t8-,9+/m0/s1. The molecular formula is C10H13BrN2O3. The van der Waals surface area contributed by atoms with Crippen LogP contribution in [0.15, 0.2) is 22.7 Å². The van der Waals surface area contributed by atoms with Gasteiger partial charge in [0, 0.05) is 22.1 Å². The summed E-state index contributed by atoms with van der Waals surface area (Å²) in [6, 6.07) is 3.92. The molecule has 0 saturated heterocycles. The van der Waals surface area contributed by atoms with Crippen LogP contribution in [-0.4, -0.2) is 22.2 Å². The monoisotopic (exact) mass is 288 g/mol. The SMILES string of the molecule is Nc1ccc(Br)cc1[C@H](O)C[C@H](N)C(=O)O. The van der Waals surface area contributed by atoms with Crippen molar-refractivity contribution in [3.8, 4) is 0 Å². The van der Waals surface area contributed by atoms with Crippen molar-refractivity contribution in [2.24, 2.45) is 5.73 Å². The molecule has 5 nitrogen and oxygen atoms in total. The molecule has 0 aliphatic rings. The molecular weight excluding hydrogens is 276 g/mol. The number of benzene rings is 1. The Morgan fingerprint density at radius 1 is 1.50 bits per heavy atom. The van der Waals surface area contributed by atoms with Gasteiger partial charge in [0.25, 0.3) is 0 Å². The number of halogens is 1. The second-order valence-corrected chi connectivity index (χ2v) is 4.39. The molecule has 0 heterocycles. The van der Waals surface area contributed by atoms with Crippen molar-refractivity contribution in [1.29, 1.82) is 0 Å². The quantitative estimate of drug-likeness (QED) is 0.615. The molecule has 88 valence electrons. The highest BCUT2D eigenvalue weighted by molar-refractivity contribution is 9.10. The summed E-state index contributed by atoms with van der Waals surface area (Å²) >= 11 is 3.25. The first-order valence-corrected chi connectivity index (χ1v) is 5.42. The summed E-state index contributed by atoms with van der Waals surface area (Å²) in [5.41, 5.74) is 11.9. The van der Waals surface area contributed by atoms with Gasteiger partial charge >= 0.3 is 5.97 Å². The first-order chi connectivity index (χ1) is 7.41. The Morgan fingerprint density at radius 3 is 2.69 bits per heavy atom. The molecule has 0 amide bonds. The zero-order chi connectivity index (χ0) is 12.3. The molecule has 6 N–H and O–H groups in total. The van der Waals surface area contributed by atoms with Gasteiger partial charge in [-0.2, -0.15) is 0 Å². The van der Waals surface area contributed by atoms with Crippen molar-refractivity contribution in [2.75, 3.05) is 5.73 Å². The summed E-state index contributed by atoms with van der Waals surface area (Å²) in [6.07, 6.45) is -1.06. The van der Waals surface area contributed by atoms with Crippen LogP contribution in [0.5, 0.6) is 0 Å². The van der Waals surface area contributed by atoms with Crippen LogP contribution < -0.4 is 11.5 Å². The van der Waals surface area contributed by atoms with Gasteiger partial charge in [-0.25, -0.2) is 0 Å². The summed E-state index contributed by atoms with van der Waals surface area (Å²) < 4.78 is 0.764. The molecule has 0 fully saturated rings. The number of aliphatic carboxylic acids is 1. The number of hydrogen-bond donors (Lipinski definition) is 4. The first kappa shape index (κ1) is 13.0. The molecule has 0 aliphatic carbocycles. The lowest BCUT2D eigenvalue weighted by atomic mass is 10.0. The minimum Gasteiger partial charge on any atom is -0.480 e. The number of nitrogens with two attached hydrogens (primary N) is 2. The predicted octanol–water partition coefficient (Wildman–Crippen LogP) is 0.867. The molecule has 0 aromatic heterocycles. The number of rotatable bonds is 4. The molecule has 0 saturated carbocycles. The van der Waals surface area contributed by atoms with Crippen molar-refractivity contribution >= 4 is 27.6 Å². The third-order valence-corrected chi connectivity index (χ3v) is 2.70. The van der Waals surface area contributed by atoms with E-state index in [4.69, 9.17) is 16.6 Å². The number of anilines is 1. The van der Waals surface area contributed by atoms with Gasteiger partial charge in [0.1, 0.15) is 6.04 Å². The van der Waals surface area contributed by atoms with E-state index in [-0.39, 0.29) is 6.42 Å². The molecule has 2 atom stereocenters. The van der Waals surface area contributed by atoms with E-state index in [9.17, 15) is 9.90 Å². The van der Waals surface area contributed by atoms with E-state index in [1.807, 2.05) is 0 Å². The molecule has 16 heavy (non-hydrogen) atoms. The number of carboxylic acid groups (broad SMARTS) is 1. The summed E-state index contributed by atoms with van der Waals surface area (Å²) in [6.45, 7) is 0. The van der Waals surface area contributed by atoms with Gasteiger partial charge in [0.2, 0.25) is 0 Å². The molecule has 1 aromatic rings. The van der Waals surface area contributed by atoms with Gasteiger partial charge in [-0.15, -0.1) is 0 Å². The minimum atomic E-state index is -1.15. The average Bonchev–Trinajstić information content (AvgIpc) is 2.21. The van der Waals surface area contributed by atoms with Crippen LogP contribution in [-0.2, 0) is 4.79 Å². The highest BCUT2D eigenvalue weighted by Gasteiger charge is 2.19. The van der Waals surface area contributed by atoms with Crippen LogP contribution in [0.25, 0.3) is 0 Å². The van der Waals surface area contributed by atoms with Gasteiger partial charge in [0.05, 0.1) is 6.10 Å². The Kier molecular flexibility index (Phi) is 4.28. The summed E-state index contributed by atoms with van der Waals surface area (Å²) in [4.78, 5) is 10.5. The van der Waals surface area contributed by atoms with Gasteiger partial charge in [-0.05, 0) is 18.2 Å². The largest absolute Gasteiger partial charge is 0.480 e. The van der Waals surface area contributed by atoms with Crippen LogP contribution >= 0.6 is 15.9 Å². The van der Waals surface area contributed by atoms with Gasteiger partial charge in [-0.1, -0.05) is 15.9 Å². The van der Waals surface area contributed by atoms with Crippen molar-refractivity contribution in [3.05, 3.63) is 28.2 Å².